The van der Waals surface area contributed by atoms with Crippen molar-refractivity contribution in [2.75, 3.05) is 19.4 Å². The molecule has 1 aromatic rings. The molecule has 1 rings (SSSR count). The van der Waals surface area contributed by atoms with E-state index >= 15 is 0 Å². The zero-order chi connectivity index (χ0) is 12.7. The van der Waals surface area contributed by atoms with E-state index in [1.54, 1.807) is 18.8 Å². The molecule has 1 atom stereocenters. The van der Waals surface area contributed by atoms with Crippen LogP contribution in [0, 0.1) is 6.92 Å². The molecule has 1 aromatic heterocycles. The normalized spacial score (nSPS) is 12.4. The van der Waals surface area contributed by atoms with Crippen LogP contribution in [-0.2, 0) is 9.53 Å². The van der Waals surface area contributed by atoms with Crippen LogP contribution in [0.3, 0.4) is 0 Å². The molecule has 0 aliphatic heterocycles. The average molecular weight is 275 g/mol. The van der Waals surface area contributed by atoms with E-state index in [1.807, 2.05) is 13.8 Å². The van der Waals surface area contributed by atoms with Crippen molar-refractivity contribution in [2.45, 2.75) is 30.6 Å². The number of rotatable bonds is 7. The topological polar surface area (TPSA) is 64.1 Å². The fraction of sp³-hybridized carbons (Fsp3) is 0.700. The largest absolute Gasteiger partial charge is 0.465 e. The second-order valence-corrected chi connectivity index (χ2v) is 5.43. The Morgan fingerprint density at radius 2 is 2.41 bits per heavy atom. The number of esters is 1. The van der Waals surface area contributed by atoms with E-state index in [-0.39, 0.29) is 12.0 Å². The van der Waals surface area contributed by atoms with Crippen molar-refractivity contribution in [3.8, 4) is 0 Å². The van der Waals surface area contributed by atoms with Crippen LogP contribution in [-0.4, -0.2) is 40.8 Å². The van der Waals surface area contributed by atoms with E-state index in [0.29, 0.717) is 6.61 Å². The second-order valence-electron chi connectivity index (χ2n) is 3.34. The van der Waals surface area contributed by atoms with Gasteiger partial charge in [0.1, 0.15) is 11.9 Å². The molecule has 1 N–H and O–H groups in total. The molecular weight excluding hydrogens is 258 g/mol. The number of likely N-dealkylation sites (N-methyl/N-ethyl adjacent to an activating group) is 1. The Balaban J connectivity index is 2.30. The summed E-state index contributed by atoms with van der Waals surface area (Å²) in [6.45, 7) is 4.10. The van der Waals surface area contributed by atoms with Gasteiger partial charge in [0.2, 0.25) is 0 Å². The first-order valence-corrected chi connectivity index (χ1v) is 7.20. The third-order valence-electron chi connectivity index (χ3n) is 2.06. The summed E-state index contributed by atoms with van der Waals surface area (Å²) < 4.78 is 10.0. The Labute approximate surface area is 110 Å². The van der Waals surface area contributed by atoms with Gasteiger partial charge in [0, 0.05) is 5.75 Å². The first-order chi connectivity index (χ1) is 8.17. The number of aryl methyl sites for hydroxylation is 1. The molecule has 1 unspecified atom stereocenters. The third kappa shape index (κ3) is 5.01. The first kappa shape index (κ1) is 14.4. The lowest BCUT2D eigenvalue weighted by atomic mass is 10.2. The molecule has 17 heavy (non-hydrogen) atoms. The number of aromatic nitrogens is 2. The summed E-state index contributed by atoms with van der Waals surface area (Å²) in [5.41, 5.74) is 0. The van der Waals surface area contributed by atoms with Gasteiger partial charge in [-0.2, -0.15) is 4.37 Å². The van der Waals surface area contributed by atoms with Gasteiger partial charge in [-0.15, -0.1) is 0 Å². The van der Waals surface area contributed by atoms with Gasteiger partial charge in [-0.05, 0) is 38.8 Å². The average Bonchev–Trinajstić information content (AvgIpc) is 2.71. The lowest BCUT2D eigenvalue weighted by Gasteiger charge is -2.13. The highest BCUT2D eigenvalue weighted by molar-refractivity contribution is 8.00. The quantitative estimate of drug-likeness (QED) is 0.600. The van der Waals surface area contributed by atoms with Crippen LogP contribution in [0.1, 0.15) is 19.2 Å². The van der Waals surface area contributed by atoms with E-state index in [4.69, 9.17) is 4.74 Å². The zero-order valence-electron chi connectivity index (χ0n) is 10.2. The number of nitrogens with one attached hydrogen (secondary N) is 1. The van der Waals surface area contributed by atoms with Gasteiger partial charge < -0.3 is 10.1 Å². The molecule has 0 spiro atoms. The molecule has 5 nitrogen and oxygen atoms in total. The highest BCUT2D eigenvalue weighted by Gasteiger charge is 2.17. The molecule has 0 aromatic carbocycles. The Morgan fingerprint density at radius 3 is 2.94 bits per heavy atom. The van der Waals surface area contributed by atoms with Gasteiger partial charge >= 0.3 is 5.97 Å². The number of thioether (sulfide) groups is 1. The molecular formula is C10H17N3O2S2. The van der Waals surface area contributed by atoms with Crippen molar-refractivity contribution < 1.29 is 9.53 Å². The van der Waals surface area contributed by atoms with Crippen LogP contribution in [0.4, 0.5) is 0 Å². The molecule has 0 saturated heterocycles. The predicted molar refractivity (Wildman–Crippen MR) is 69.5 cm³/mol. The molecule has 0 aliphatic carbocycles. The molecule has 0 fully saturated rings. The Morgan fingerprint density at radius 1 is 1.65 bits per heavy atom. The van der Waals surface area contributed by atoms with E-state index < -0.39 is 0 Å². The molecule has 0 aliphatic rings. The predicted octanol–water partition coefficient (Wildman–Crippen LogP) is 1.48. The van der Waals surface area contributed by atoms with Crippen molar-refractivity contribution in [1.29, 1.82) is 0 Å². The van der Waals surface area contributed by atoms with Crippen LogP contribution < -0.4 is 5.32 Å². The maximum Gasteiger partial charge on any atom is 0.323 e. The molecule has 0 radical (unpaired) electrons. The van der Waals surface area contributed by atoms with E-state index in [0.717, 1.165) is 22.3 Å². The monoisotopic (exact) mass is 275 g/mol. The molecule has 96 valence electrons. The Hall–Kier alpha value is -0.660. The number of carbonyl (C=O) groups excluding carboxylic acids is 1. The smallest absolute Gasteiger partial charge is 0.323 e. The van der Waals surface area contributed by atoms with Crippen LogP contribution >= 0.6 is 23.3 Å². The van der Waals surface area contributed by atoms with Gasteiger partial charge in [-0.1, -0.05) is 11.8 Å². The molecule has 1 heterocycles. The van der Waals surface area contributed by atoms with E-state index in [9.17, 15) is 4.79 Å². The number of carbonyl (C=O) groups is 1. The number of hydrogen-bond acceptors (Lipinski definition) is 7. The lowest BCUT2D eigenvalue weighted by molar-refractivity contribution is -0.145. The SMILES string of the molecule is CCOC(=O)C(CCSc1nc(C)ns1)NC. The maximum absolute atomic E-state index is 11.5. The maximum atomic E-state index is 11.5. The van der Waals surface area contributed by atoms with E-state index in [2.05, 4.69) is 14.7 Å². The summed E-state index contributed by atoms with van der Waals surface area (Å²) >= 11 is 3.01. The van der Waals surface area contributed by atoms with Crippen LogP contribution in [0.2, 0.25) is 0 Å². The molecule has 7 heteroatoms. The Kier molecular flexibility index (Phi) is 6.46. The fourth-order valence-electron chi connectivity index (χ4n) is 1.22. The van der Waals surface area contributed by atoms with Gasteiger partial charge in [0.05, 0.1) is 6.61 Å². The molecule has 0 bridgehead atoms. The van der Waals surface area contributed by atoms with Gasteiger partial charge in [0.15, 0.2) is 4.34 Å². The van der Waals surface area contributed by atoms with Crippen molar-refractivity contribution in [3.63, 3.8) is 0 Å². The number of hydrogen-bond donors (Lipinski definition) is 1. The second kappa shape index (κ2) is 7.62. The Bertz CT molecular complexity index is 357. The zero-order valence-corrected chi connectivity index (χ0v) is 11.9. The van der Waals surface area contributed by atoms with Crippen LogP contribution in [0.15, 0.2) is 4.34 Å². The minimum Gasteiger partial charge on any atom is -0.465 e. The lowest BCUT2D eigenvalue weighted by Crippen LogP contribution is -2.36. The fourth-order valence-corrected chi connectivity index (χ4v) is 2.95. The third-order valence-corrected chi connectivity index (χ3v) is 4.02. The number of ether oxygens (including phenoxy) is 1. The minimum atomic E-state index is -0.239. The van der Waals surface area contributed by atoms with Crippen molar-refractivity contribution in [3.05, 3.63) is 5.82 Å². The summed E-state index contributed by atoms with van der Waals surface area (Å²) in [5, 5.41) is 2.96. The van der Waals surface area contributed by atoms with Crippen LogP contribution in [0.25, 0.3) is 0 Å². The summed E-state index contributed by atoms with van der Waals surface area (Å²) in [6.07, 6.45) is 0.721. The summed E-state index contributed by atoms with van der Waals surface area (Å²) in [7, 11) is 1.77. The van der Waals surface area contributed by atoms with Crippen LogP contribution in [0.5, 0.6) is 0 Å². The van der Waals surface area contributed by atoms with E-state index in [1.165, 1.54) is 11.5 Å². The van der Waals surface area contributed by atoms with Gasteiger partial charge in [0.25, 0.3) is 0 Å². The highest BCUT2D eigenvalue weighted by atomic mass is 32.2. The van der Waals surface area contributed by atoms with Crippen molar-refractivity contribution >= 4 is 29.3 Å². The minimum absolute atomic E-state index is 0.191. The van der Waals surface area contributed by atoms with Gasteiger partial charge in [-0.25, -0.2) is 4.98 Å². The summed E-state index contributed by atoms with van der Waals surface area (Å²) in [4.78, 5) is 15.7. The summed E-state index contributed by atoms with van der Waals surface area (Å²) in [5.74, 6) is 1.43. The highest BCUT2D eigenvalue weighted by Crippen LogP contribution is 2.21. The standard InChI is InChI=1S/C10H17N3O2S2/c1-4-15-9(14)8(11-3)5-6-16-10-12-7(2)13-17-10/h8,11H,4-6H2,1-3H3. The summed E-state index contributed by atoms with van der Waals surface area (Å²) in [6, 6.07) is -0.239. The molecule has 0 amide bonds. The number of nitrogens with zero attached hydrogens (tertiary/aromatic N) is 2. The van der Waals surface area contributed by atoms with Crippen molar-refractivity contribution in [2.24, 2.45) is 0 Å². The van der Waals surface area contributed by atoms with Gasteiger partial charge in [-0.3, -0.25) is 4.79 Å². The molecule has 0 saturated carbocycles. The van der Waals surface area contributed by atoms with Crippen molar-refractivity contribution in [1.82, 2.24) is 14.7 Å². The first-order valence-electron chi connectivity index (χ1n) is 5.44.